The number of imidazole rings is 1. The third kappa shape index (κ3) is 3.99. The summed E-state index contributed by atoms with van der Waals surface area (Å²) in [6.45, 7) is 3.44. The molecule has 2 unspecified atom stereocenters. The highest BCUT2D eigenvalue weighted by Gasteiger charge is 2.42. The molecule has 3 fully saturated rings. The smallest absolute Gasteiger partial charge is 0.106 e. The summed E-state index contributed by atoms with van der Waals surface area (Å²) in [7, 11) is 0. The van der Waals surface area contributed by atoms with Crippen LogP contribution in [0.3, 0.4) is 0 Å². The van der Waals surface area contributed by atoms with Gasteiger partial charge in [0.1, 0.15) is 5.82 Å². The lowest BCUT2D eigenvalue weighted by atomic mass is 9.66. The predicted molar refractivity (Wildman–Crippen MR) is 140 cm³/mol. The van der Waals surface area contributed by atoms with Crippen molar-refractivity contribution in [1.29, 1.82) is 0 Å². The van der Waals surface area contributed by atoms with Crippen molar-refractivity contribution in [1.82, 2.24) is 14.5 Å². The summed E-state index contributed by atoms with van der Waals surface area (Å²) < 4.78 is 2.55. The number of para-hydroxylation sites is 2. The SMILES string of the molecule is Cc1nc2ccccc2n1C1CC2CCC(C1)N2CCC[C@]1(c2ccccc2)CC[C@@H](N)CC1. The van der Waals surface area contributed by atoms with Crippen LogP contribution in [0.25, 0.3) is 11.0 Å². The second kappa shape index (κ2) is 9.13. The first-order valence-electron chi connectivity index (χ1n) is 13.6. The second-order valence-corrected chi connectivity index (χ2v) is 11.4. The number of nitrogens with two attached hydrogens (primary N) is 1. The van der Waals surface area contributed by atoms with Gasteiger partial charge in [-0.25, -0.2) is 4.98 Å². The Hall–Kier alpha value is -2.17. The number of hydrogen-bond donors (Lipinski definition) is 1. The fourth-order valence-corrected chi connectivity index (χ4v) is 7.71. The molecule has 2 aromatic carbocycles. The fraction of sp³-hybridized carbons (Fsp3) is 0.567. The van der Waals surface area contributed by atoms with Crippen LogP contribution in [0.1, 0.15) is 81.6 Å². The molecule has 34 heavy (non-hydrogen) atoms. The van der Waals surface area contributed by atoms with E-state index in [1.165, 1.54) is 82.1 Å². The van der Waals surface area contributed by atoms with E-state index in [0.717, 1.165) is 17.6 Å². The quantitative estimate of drug-likeness (QED) is 0.485. The Labute approximate surface area is 204 Å². The molecular formula is C30H40N4. The van der Waals surface area contributed by atoms with Crippen molar-refractivity contribution in [3.8, 4) is 0 Å². The number of nitrogens with zero attached hydrogens (tertiary/aromatic N) is 3. The lowest BCUT2D eigenvalue weighted by Gasteiger charge is -2.42. The lowest BCUT2D eigenvalue weighted by Crippen LogP contribution is -2.44. The molecule has 0 radical (unpaired) electrons. The average Bonchev–Trinajstić information content (AvgIpc) is 3.31. The highest BCUT2D eigenvalue weighted by molar-refractivity contribution is 5.76. The average molecular weight is 457 g/mol. The minimum absolute atomic E-state index is 0.335. The molecule has 0 amide bonds. The Balaban J connectivity index is 1.13. The van der Waals surface area contributed by atoms with Crippen LogP contribution in [0.2, 0.25) is 0 Å². The summed E-state index contributed by atoms with van der Waals surface area (Å²) in [5.41, 5.74) is 10.7. The van der Waals surface area contributed by atoms with E-state index in [1.54, 1.807) is 5.56 Å². The van der Waals surface area contributed by atoms with Gasteiger partial charge in [-0.3, -0.25) is 4.90 Å². The number of fused-ring (bicyclic) bond motifs is 3. The molecule has 0 spiro atoms. The summed E-state index contributed by atoms with van der Waals surface area (Å²) in [5.74, 6) is 1.18. The first kappa shape index (κ1) is 22.3. The number of hydrogen-bond acceptors (Lipinski definition) is 3. The van der Waals surface area contributed by atoms with Crippen LogP contribution in [0.4, 0.5) is 0 Å². The minimum Gasteiger partial charge on any atom is -0.328 e. The monoisotopic (exact) mass is 456 g/mol. The van der Waals surface area contributed by atoms with Crippen molar-refractivity contribution >= 4 is 11.0 Å². The molecule has 3 heterocycles. The number of aryl methyl sites for hydroxylation is 1. The van der Waals surface area contributed by atoms with E-state index < -0.39 is 0 Å². The summed E-state index contributed by atoms with van der Waals surface area (Å²) in [6.07, 6.45) is 12.7. The van der Waals surface area contributed by atoms with Crippen molar-refractivity contribution in [3.63, 3.8) is 0 Å². The van der Waals surface area contributed by atoms with Crippen LogP contribution in [0, 0.1) is 6.92 Å². The molecule has 2 atom stereocenters. The van der Waals surface area contributed by atoms with Gasteiger partial charge in [0.2, 0.25) is 0 Å². The summed E-state index contributed by atoms with van der Waals surface area (Å²) in [4.78, 5) is 7.75. The molecule has 2 aliphatic heterocycles. The number of benzene rings is 2. The van der Waals surface area contributed by atoms with E-state index in [2.05, 4.69) is 71.0 Å². The first-order chi connectivity index (χ1) is 16.6. The molecule has 3 aliphatic rings. The van der Waals surface area contributed by atoms with Gasteiger partial charge in [0.15, 0.2) is 0 Å². The predicted octanol–water partition coefficient (Wildman–Crippen LogP) is 6.13. The third-order valence-electron chi connectivity index (χ3n) is 9.44. The van der Waals surface area contributed by atoms with Gasteiger partial charge in [-0.15, -0.1) is 0 Å². The van der Waals surface area contributed by atoms with Crippen LogP contribution in [-0.2, 0) is 5.41 Å². The maximum Gasteiger partial charge on any atom is 0.106 e. The number of piperidine rings is 1. The maximum atomic E-state index is 6.31. The van der Waals surface area contributed by atoms with Crippen LogP contribution in [0.5, 0.6) is 0 Å². The fourth-order valence-electron chi connectivity index (χ4n) is 7.71. The molecule has 1 aromatic heterocycles. The molecule has 2 saturated heterocycles. The van der Waals surface area contributed by atoms with Gasteiger partial charge < -0.3 is 10.3 Å². The largest absolute Gasteiger partial charge is 0.328 e. The Morgan fingerprint density at radius 2 is 1.56 bits per heavy atom. The van der Waals surface area contributed by atoms with E-state index in [9.17, 15) is 0 Å². The van der Waals surface area contributed by atoms with Crippen LogP contribution in [0.15, 0.2) is 54.6 Å². The highest BCUT2D eigenvalue weighted by atomic mass is 15.2. The van der Waals surface area contributed by atoms with Gasteiger partial charge >= 0.3 is 0 Å². The Kier molecular flexibility index (Phi) is 5.99. The molecular weight excluding hydrogens is 416 g/mol. The van der Waals surface area contributed by atoms with E-state index in [1.807, 2.05) is 0 Å². The van der Waals surface area contributed by atoms with Crippen molar-refractivity contribution < 1.29 is 0 Å². The molecule has 6 rings (SSSR count). The van der Waals surface area contributed by atoms with Crippen molar-refractivity contribution in [3.05, 3.63) is 66.0 Å². The highest BCUT2D eigenvalue weighted by Crippen LogP contribution is 2.45. The van der Waals surface area contributed by atoms with Gasteiger partial charge in [0.05, 0.1) is 11.0 Å². The van der Waals surface area contributed by atoms with E-state index in [-0.39, 0.29) is 0 Å². The van der Waals surface area contributed by atoms with E-state index in [0.29, 0.717) is 17.5 Å². The van der Waals surface area contributed by atoms with Gasteiger partial charge in [-0.1, -0.05) is 42.5 Å². The van der Waals surface area contributed by atoms with Gasteiger partial charge in [-0.2, -0.15) is 0 Å². The van der Waals surface area contributed by atoms with Gasteiger partial charge in [-0.05, 0) is 101 Å². The van der Waals surface area contributed by atoms with E-state index in [4.69, 9.17) is 10.7 Å². The molecule has 4 nitrogen and oxygen atoms in total. The molecule has 180 valence electrons. The Bertz CT molecular complexity index is 1100. The summed E-state index contributed by atoms with van der Waals surface area (Å²) in [5, 5.41) is 0. The van der Waals surface area contributed by atoms with Crippen molar-refractivity contribution in [2.24, 2.45) is 5.73 Å². The number of rotatable bonds is 6. The van der Waals surface area contributed by atoms with Crippen molar-refractivity contribution in [2.75, 3.05) is 6.54 Å². The van der Waals surface area contributed by atoms with Crippen LogP contribution >= 0.6 is 0 Å². The van der Waals surface area contributed by atoms with Crippen LogP contribution in [-0.4, -0.2) is 39.1 Å². The summed E-state index contributed by atoms with van der Waals surface area (Å²) in [6, 6.07) is 22.5. The first-order valence-corrected chi connectivity index (χ1v) is 13.6. The molecule has 2 N–H and O–H groups in total. The maximum absolute atomic E-state index is 6.31. The topological polar surface area (TPSA) is 47.1 Å². The van der Waals surface area contributed by atoms with Gasteiger partial charge in [0, 0.05) is 24.2 Å². The second-order valence-electron chi connectivity index (χ2n) is 11.4. The van der Waals surface area contributed by atoms with Crippen molar-refractivity contribution in [2.45, 2.75) is 101 Å². The summed E-state index contributed by atoms with van der Waals surface area (Å²) >= 11 is 0. The van der Waals surface area contributed by atoms with E-state index >= 15 is 0 Å². The van der Waals surface area contributed by atoms with Gasteiger partial charge in [0.25, 0.3) is 0 Å². The molecule has 1 saturated carbocycles. The number of aromatic nitrogens is 2. The minimum atomic E-state index is 0.335. The molecule has 1 aliphatic carbocycles. The third-order valence-corrected chi connectivity index (χ3v) is 9.44. The standard InChI is InChI=1S/C30H40N4/c1-22-32-28-10-5-6-11-29(28)34(22)27-20-25-12-13-26(21-27)33(25)19-7-16-30(17-14-24(31)15-18-30)23-8-3-2-4-9-23/h2-6,8-11,24-27H,7,12-21,31H2,1H3/t24-,25?,26?,27?,30+. The van der Waals surface area contributed by atoms with Crippen LogP contribution < -0.4 is 5.73 Å². The zero-order valence-corrected chi connectivity index (χ0v) is 20.7. The lowest BCUT2D eigenvalue weighted by molar-refractivity contribution is 0.101. The molecule has 4 heteroatoms. The molecule has 2 bridgehead atoms. The Morgan fingerprint density at radius 3 is 2.29 bits per heavy atom. The zero-order valence-electron chi connectivity index (χ0n) is 20.7. The molecule has 3 aromatic rings. The Morgan fingerprint density at radius 1 is 0.882 bits per heavy atom. The normalized spacial score (nSPS) is 31.8. The zero-order chi connectivity index (χ0) is 23.1.